The van der Waals surface area contributed by atoms with Crippen LogP contribution in [0.3, 0.4) is 0 Å². The minimum Gasteiger partial charge on any atom is -0.495 e. The van der Waals surface area contributed by atoms with Gasteiger partial charge in [0.15, 0.2) is 0 Å². The molecule has 8 nitrogen and oxygen atoms in total. The van der Waals surface area contributed by atoms with Gasteiger partial charge in [-0.1, -0.05) is 25.1 Å². The molecule has 0 bridgehead atoms. The van der Waals surface area contributed by atoms with E-state index in [9.17, 15) is 22.8 Å². The molecular weight excluding hydrogens is 491 g/mol. The average molecular weight is 518 g/mol. The van der Waals surface area contributed by atoms with Gasteiger partial charge in [0.2, 0.25) is 0 Å². The molecule has 0 N–H and O–H groups in total. The summed E-state index contributed by atoms with van der Waals surface area (Å²) in [5.41, 5.74) is 2.06. The van der Waals surface area contributed by atoms with Crippen LogP contribution < -0.4 is 14.2 Å². The molecule has 196 valence electrons. The molecule has 0 radical (unpaired) electrons. The number of amides is 1. The Bertz CT molecular complexity index is 1300. The molecule has 11 heteroatoms. The number of ether oxygens (including phenoxy) is 3. The van der Waals surface area contributed by atoms with Crippen LogP contribution in [0, 0.1) is 12.8 Å². The number of carbonyl (C=O) groups excluding carboxylic acids is 2. The van der Waals surface area contributed by atoms with E-state index in [0.717, 1.165) is 22.3 Å². The summed E-state index contributed by atoms with van der Waals surface area (Å²) < 4.78 is 55.0. The maximum absolute atomic E-state index is 13.0. The third-order valence-electron chi connectivity index (χ3n) is 5.97. The minimum absolute atomic E-state index is 0.198. The van der Waals surface area contributed by atoms with Crippen LogP contribution in [-0.2, 0) is 11.2 Å². The highest BCUT2D eigenvalue weighted by molar-refractivity contribution is 5.95. The van der Waals surface area contributed by atoms with Gasteiger partial charge in [-0.25, -0.2) is 4.79 Å². The Morgan fingerprint density at radius 2 is 1.84 bits per heavy atom. The summed E-state index contributed by atoms with van der Waals surface area (Å²) >= 11 is 0. The molecule has 37 heavy (non-hydrogen) atoms. The highest BCUT2D eigenvalue weighted by atomic mass is 19.4. The van der Waals surface area contributed by atoms with Crippen molar-refractivity contribution in [1.29, 1.82) is 0 Å². The number of methoxy groups -OCH3 is 1. The van der Waals surface area contributed by atoms with E-state index >= 15 is 0 Å². The quantitative estimate of drug-likeness (QED) is 0.413. The van der Waals surface area contributed by atoms with Gasteiger partial charge in [-0.2, -0.15) is 18.2 Å². The first-order valence-corrected chi connectivity index (χ1v) is 11.6. The van der Waals surface area contributed by atoms with Crippen molar-refractivity contribution in [2.45, 2.75) is 26.4 Å². The molecule has 1 aliphatic heterocycles. The topological polar surface area (TPSA) is 82.9 Å². The lowest BCUT2D eigenvalue weighted by Gasteiger charge is -2.39. The van der Waals surface area contributed by atoms with Crippen LogP contribution in [0.2, 0.25) is 0 Å². The Balaban J connectivity index is 1.43. The van der Waals surface area contributed by atoms with E-state index in [4.69, 9.17) is 9.47 Å². The van der Waals surface area contributed by atoms with Crippen LogP contribution in [0.1, 0.15) is 28.5 Å². The third kappa shape index (κ3) is 5.71. The fourth-order valence-corrected chi connectivity index (χ4v) is 4.04. The normalized spacial score (nSPS) is 13.7. The van der Waals surface area contributed by atoms with Gasteiger partial charge in [0.25, 0.3) is 5.91 Å². The fourth-order valence-electron chi connectivity index (χ4n) is 4.04. The number of alkyl halides is 3. The smallest absolute Gasteiger partial charge is 0.491 e. The number of likely N-dealkylation sites (tertiary alicyclic amines) is 1. The molecule has 4 rings (SSSR count). The summed E-state index contributed by atoms with van der Waals surface area (Å²) in [4.78, 5) is 29.9. The van der Waals surface area contributed by atoms with E-state index in [0.29, 0.717) is 31.0 Å². The van der Waals surface area contributed by atoms with Gasteiger partial charge in [-0.05, 0) is 43.2 Å². The standard InChI is InChI=1S/C26H26F3N3O5/c1-4-18-7-5-6-8-21(18)36-15-17-13-31(14-17)23(33)19-9-10-20(22(11-19)35-3)32-12-16(2)30-25(32)37-24(34)26(27,28)29/h5-12,17H,4,13-15H2,1-3H3. The third-order valence-corrected chi connectivity index (χ3v) is 5.97. The van der Waals surface area contributed by atoms with Crippen molar-refractivity contribution < 1.29 is 37.0 Å². The van der Waals surface area contributed by atoms with E-state index < -0.39 is 18.2 Å². The minimum atomic E-state index is -5.18. The van der Waals surface area contributed by atoms with Gasteiger partial charge in [-0.3, -0.25) is 9.36 Å². The van der Waals surface area contributed by atoms with E-state index in [-0.39, 0.29) is 23.3 Å². The number of aromatic nitrogens is 2. The van der Waals surface area contributed by atoms with Gasteiger partial charge < -0.3 is 19.1 Å². The Kier molecular flexibility index (Phi) is 7.42. The Labute approximate surface area is 211 Å². The maximum atomic E-state index is 13.0. The van der Waals surface area contributed by atoms with Crippen molar-refractivity contribution >= 4 is 11.9 Å². The van der Waals surface area contributed by atoms with Gasteiger partial charge >= 0.3 is 18.2 Å². The van der Waals surface area contributed by atoms with Crippen LogP contribution in [-0.4, -0.2) is 59.3 Å². The fraction of sp³-hybridized carbons (Fsp3) is 0.346. The number of hydrogen-bond donors (Lipinski definition) is 0. The maximum Gasteiger partial charge on any atom is 0.491 e. The van der Waals surface area contributed by atoms with Crippen molar-refractivity contribution in [2.75, 3.05) is 26.8 Å². The van der Waals surface area contributed by atoms with Gasteiger partial charge in [0.05, 0.1) is 25.1 Å². The van der Waals surface area contributed by atoms with Crippen LogP contribution in [0.5, 0.6) is 17.5 Å². The average Bonchev–Trinajstić information content (AvgIpc) is 3.21. The number of aryl methyl sites for hydroxylation is 2. The molecule has 2 heterocycles. The monoisotopic (exact) mass is 517 g/mol. The Morgan fingerprint density at radius 1 is 1.11 bits per heavy atom. The molecule has 0 unspecified atom stereocenters. The number of nitrogens with zero attached hydrogens (tertiary/aromatic N) is 3. The zero-order valence-corrected chi connectivity index (χ0v) is 20.5. The number of para-hydroxylation sites is 1. The molecular formula is C26H26F3N3O5. The summed E-state index contributed by atoms with van der Waals surface area (Å²) in [7, 11) is 1.36. The SMILES string of the molecule is CCc1ccccc1OCC1CN(C(=O)c2ccc(-n3cc(C)nc3OC(=O)C(F)(F)F)c(OC)c2)C1. The van der Waals surface area contributed by atoms with E-state index in [1.165, 1.54) is 38.4 Å². The number of carbonyl (C=O) groups is 2. The second-order valence-corrected chi connectivity index (χ2v) is 8.66. The van der Waals surface area contributed by atoms with E-state index in [1.54, 1.807) is 4.90 Å². The molecule has 1 saturated heterocycles. The summed E-state index contributed by atoms with van der Waals surface area (Å²) in [6.07, 6.45) is -2.91. The molecule has 0 aliphatic carbocycles. The predicted molar refractivity (Wildman–Crippen MR) is 127 cm³/mol. The summed E-state index contributed by atoms with van der Waals surface area (Å²) in [5, 5.41) is 0. The second kappa shape index (κ2) is 10.5. The van der Waals surface area contributed by atoms with Crippen molar-refractivity contribution in [3.63, 3.8) is 0 Å². The Morgan fingerprint density at radius 3 is 2.51 bits per heavy atom. The first-order valence-electron chi connectivity index (χ1n) is 11.6. The van der Waals surface area contributed by atoms with Crippen molar-refractivity contribution in [1.82, 2.24) is 14.5 Å². The number of halogens is 3. The zero-order valence-electron chi connectivity index (χ0n) is 20.5. The van der Waals surface area contributed by atoms with E-state index in [1.807, 2.05) is 24.3 Å². The molecule has 3 aromatic rings. The predicted octanol–water partition coefficient (Wildman–Crippen LogP) is 4.37. The summed E-state index contributed by atoms with van der Waals surface area (Å²) in [6.45, 7) is 5.18. The number of hydrogen-bond acceptors (Lipinski definition) is 6. The van der Waals surface area contributed by atoms with E-state index in [2.05, 4.69) is 16.6 Å². The number of rotatable bonds is 8. The highest BCUT2D eigenvalue weighted by Gasteiger charge is 2.42. The summed E-state index contributed by atoms with van der Waals surface area (Å²) in [5.74, 6) is -1.34. The largest absolute Gasteiger partial charge is 0.495 e. The lowest BCUT2D eigenvalue weighted by atomic mass is 9.99. The van der Waals surface area contributed by atoms with Crippen LogP contribution >= 0.6 is 0 Å². The molecule has 0 spiro atoms. The van der Waals surface area contributed by atoms with Crippen molar-refractivity contribution in [3.05, 3.63) is 65.5 Å². The summed E-state index contributed by atoms with van der Waals surface area (Å²) in [6, 6.07) is 11.8. The number of esters is 1. The van der Waals surface area contributed by atoms with Gasteiger partial charge in [0, 0.05) is 30.8 Å². The van der Waals surface area contributed by atoms with Crippen LogP contribution in [0.15, 0.2) is 48.7 Å². The van der Waals surface area contributed by atoms with Crippen molar-refractivity contribution in [3.8, 4) is 23.2 Å². The van der Waals surface area contributed by atoms with Crippen LogP contribution in [0.25, 0.3) is 5.69 Å². The highest BCUT2D eigenvalue weighted by Crippen LogP contribution is 2.31. The van der Waals surface area contributed by atoms with Gasteiger partial charge in [-0.15, -0.1) is 0 Å². The molecule has 1 aliphatic rings. The number of imidazole rings is 1. The lowest BCUT2D eigenvalue weighted by molar-refractivity contribution is -0.190. The zero-order chi connectivity index (χ0) is 26.7. The molecule has 1 fully saturated rings. The molecule has 2 aromatic carbocycles. The van der Waals surface area contributed by atoms with Crippen LogP contribution in [0.4, 0.5) is 13.2 Å². The van der Waals surface area contributed by atoms with Crippen molar-refractivity contribution in [2.24, 2.45) is 5.92 Å². The molecule has 1 amide bonds. The molecule has 0 saturated carbocycles. The number of benzene rings is 2. The first-order chi connectivity index (χ1) is 17.6. The Hall–Kier alpha value is -4.02. The van der Waals surface area contributed by atoms with Gasteiger partial charge in [0.1, 0.15) is 11.5 Å². The molecule has 0 atom stereocenters. The second-order valence-electron chi connectivity index (χ2n) is 8.66. The molecule has 1 aromatic heterocycles. The first kappa shape index (κ1) is 26.1. The lowest BCUT2D eigenvalue weighted by Crippen LogP contribution is -2.52.